The topological polar surface area (TPSA) is 93.7 Å². The minimum atomic E-state index is -4.02. The van der Waals surface area contributed by atoms with Crippen molar-refractivity contribution in [1.82, 2.24) is 4.72 Å². The lowest BCUT2D eigenvalue weighted by atomic mass is 10.1. The zero-order valence-corrected chi connectivity index (χ0v) is 20.3. The van der Waals surface area contributed by atoms with Gasteiger partial charge in [-0.15, -0.1) is 0 Å². The van der Waals surface area contributed by atoms with Gasteiger partial charge >= 0.3 is 0 Å². The number of benzene rings is 3. The van der Waals surface area contributed by atoms with Crippen molar-refractivity contribution in [3.8, 4) is 11.5 Å². The molecule has 3 aromatic rings. The fourth-order valence-electron chi connectivity index (χ4n) is 3.44. The minimum absolute atomic E-state index is 0.00269. The minimum Gasteiger partial charge on any atom is -0.486 e. The monoisotopic (exact) mass is 530 g/mol. The van der Waals surface area contributed by atoms with Gasteiger partial charge in [0.05, 0.1) is 4.90 Å². The van der Waals surface area contributed by atoms with Crippen LogP contribution >= 0.6 is 15.9 Å². The Balaban J connectivity index is 1.59. The van der Waals surface area contributed by atoms with Crippen LogP contribution in [0.1, 0.15) is 11.1 Å². The summed E-state index contributed by atoms with van der Waals surface area (Å²) < 4.78 is 40.8. The Morgan fingerprint density at radius 2 is 1.73 bits per heavy atom. The molecule has 1 aliphatic heterocycles. The maximum Gasteiger partial charge on any atom is 0.242 e. The molecule has 1 unspecified atom stereocenters. The van der Waals surface area contributed by atoms with E-state index in [-0.39, 0.29) is 11.3 Å². The number of carbonyl (C=O) groups excluding carboxylic acids is 1. The van der Waals surface area contributed by atoms with E-state index in [1.54, 1.807) is 12.1 Å². The van der Waals surface area contributed by atoms with Crippen molar-refractivity contribution < 1.29 is 22.7 Å². The summed E-state index contributed by atoms with van der Waals surface area (Å²) in [5.74, 6) is 0.393. The molecule has 0 bridgehead atoms. The SMILES string of the molecule is Cc1cc(NC(=O)C(Cc2ccccc2)NS(=O)(=O)c2ccc3c(c2)OCCO3)ccc1Br. The van der Waals surface area contributed by atoms with Gasteiger partial charge in [0.1, 0.15) is 19.3 Å². The van der Waals surface area contributed by atoms with E-state index in [9.17, 15) is 13.2 Å². The highest BCUT2D eigenvalue weighted by atomic mass is 79.9. The van der Waals surface area contributed by atoms with Crippen molar-refractivity contribution in [2.24, 2.45) is 0 Å². The van der Waals surface area contributed by atoms with Gasteiger partial charge < -0.3 is 14.8 Å². The summed E-state index contributed by atoms with van der Waals surface area (Å²) in [5, 5.41) is 2.82. The molecule has 33 heavy (non-hydrogen) atoms. The maximum atomic E-state index is 13.2. The Hall–Kier alpha value is -2.88. The molecule has 1 amide bonds. The molecule has 1 heterocycles. The number of ether oxygens (including phenoxy) is 2. The summed E-state index contributed by atoms with van der Waals surface area (Å²) in [6, 6.07) is 18.0. The van der Waals surface area contributed by atoms with Crippen LogP contribution in [-0.4, -0.2) is 33.6 Å². The van der Waals surface area contributed by atoms with E-state index < -0.39 is 22.0 Å². The molecule has 0 spiro atoms. The van der Waals surface area contributed by atoms with Crippen LogP contribution in [0.25, 0.3) is 0 Å². The first kappa shape index (κ1) is 23.3. The Morgan fingerprint density at radius 3 is 2.45 bits per heavy atom. The Labute approximate surface area is 201 Å². The molecule has 1 atom stereocenters. The number of rotatable bonds is 7. The van der Waals surface area contributed by atoms with E-state index >= 15 is 0 Å². The standard InChI is InChI=1S/C24H23BrN2O5S/c1-16-13-18(7-9-20(16)25)26-24(28)21(14-17-5-3-2-4-6-17)27-33(29,30)19-8-10-22-23(15-19)32-12-11-31-22/h2-10,13,15,21,27H,11-12,14H2,1H3,(H,26,28). The Morgan fingerprint density at radius 1 is 1.00 bits per heavy atom. The number of sulfonamides is 1. The number of carbonyl (C=O) groups is 1. The number of halogens is 1. The van der Waals surface area contributed by atoms with Gasteiger partial charge in [0.2, 0.25) is 15.9 Å². The quantitative estimate of drug-likeness (QED) is 0.480. The van der Waals surface area contributed by atoms with Crippen molar-refractivity contribution in [2.45, 2.75) is 24.3 Å². The molecule has 9 heteroatoms. The van der Waals surface area contributed by atoms with E-state index in [0.29, 0.717) is 30.4 Å². The molecule has 2 N–H and O–H groups in total. The van der Waals surface area contributed by atoms with Crippen molar-refractivity contribution >= 4 is 37.5 Å². The zero-order valence-electron chi connectivity index (χ0n) is 17.9. The van der Waals surface area contributed by atoms with Gasteiger partial charge in [0, 0.05) is 16.2 Å². The summed E-state index contributed by atoms with van der Waals surface area (Å²) in [7, 11) is -4.02. The molecule has 0 aliphatic carbocycles. The summed E-state index contributed by atoms with van der Waals surface area (Å²) in [5.41, 5.74) is 2.36. The normalized spacial score (nSPS) is 13.9. The number of nitrogens with one attached hydrogen (secondary N) is 2. The number of amides is 1. The van der Waals surface area contributed by atoms with Gasteiger partial charge in [-0.1, -0.05) is 46.3 Å². The van der Waals surface area contributed by atoms with Crippen molar-refractivity contribution in [3.05, 3.63) is 82.3 Å². The van der Waals surface area contributed by atoms with Gasteiger partial charge in [0.25, 0.3) is 0 Å². The van der Waals surface area contributed by atoms with E-state index in [1.807, 2.05) is 49.4 Å². The summed E-state index contributed by atoms with van der Waals surface area (Å²) >= 11 is 3.44. The van der Waals surface area contributed by atoms with Crippen molar-refractivity contribution in [3.63, 3.8) is 0 Å². The van der Waals surface area contributed by atoms with Crippen LogP contribution in [0.5, 0.6) is 11.5 Å². The van der Waals surface area contributed by atoms with E-state index in [4.69, 9.17) is 9.47 Å². The van der Waals surface area contributed by atoms with Gasteiger partial charge in [-0.3, -0.25) is 4.79 Å². The van der Waals surface area contributed by atoms with Crippen LogP contribution in [0.15, 0.2) is 76.1 Å². The second-order valence-corrected chi connectivity index (χ2v) is 10.2. The molecule has 172 valence electrons. The van der Waals surface area contributed by atoms with Crippen LogP contribution in [0, 0.1) is 6.92 Å². The fourth-order valence-corrected chi connectivity index (χ4v) is 4.89. The van der Waals surface area contributed by atoms with Crippen molar-refractivity contribution in [1.29, 1.82) is 0 Å². The van der Waals surface area contributed by atoms with E-state index in [1.165, 1.54) is 12.1 Å². The predicted octanol–water partition coefficient (Wildman–Crippen LogP) is 4.06. The summed E-state index contributed by atoms with van der Waals surface area (Å²) in [6.45, 7) is 2.66. The summed E-state index contributed by atoms with van der Waals surface area (Å²) in [4.78, 5) is 13.2. The predicted molar refractivity (Wildman–Crippen MR) is 129 cm³/mol. The van der Waals surface area contributed by atoms with Crippen LogP contribution < -0.4 is 19.5 Å². The average molecular weight is 531 g/mol. The number of anilines is 1. The third-order valence-electron chi connectivity index (χ3n) is 5.15. The zero-order chi connectivity index (χ0) is 23.4. The number of hydrogen-bond acceptors (Lipinski definition) is 5. The fraction of sp³-hybridized carbons (Fsp3) is 0.208. The maximum absolute atomic E-state index is 13.2. The molecule has 0 fully saturated rings. The smallest absolute Gasteiger partial charge is 0.242 e. The number of fused-ring (bicyclic) bond motifs is 1. The molecule has 3 aromatic carbocycles. The Kier molecular flexibility index (Phi) is 7.02. The molecule has 0 saturated heterocycles. The lowest BCUT2D eigenvalue weighted by Crippen LogP contribution is -2.45. The van der Waals surface area contributed by atoms with Gasteiger partial charge in [0.15, 0.2) is 11.5 Å². The highest BCUT2D eigenvalue weighted by molar-refractivity contribution is 9.10. The lowest BCUT2D eigenvalue weighted by molar-refractivity contribution is -0.117. The highest BCUT2D eigenvalue weighted by Crippen LogP contribution is 2.32. The molecular weight excluding hydrogens is 508 g/mol. The molecule has 7 nitrogen and oxygen atoms in total. The number of hydrogen-bond donors (Lipinski definition) is 2. The average Bonchev–Trinajstić information content (AvgIpc) is 2.81. The molecule has 0 saturated carbocycles. The van der Waals surface area contributed by atoms with Gasteiger partial charge in [-0.2, -0.15) is 4.72 Å². The third-order valence-corrected chi connectivity index (χ3v) is 7.51. The van der Waals surface area contributed by atoms with Crippen LogP contribution in [0.3, 0.4) is 0 Å². The number of aryl methyl sites for hydroxylation is 1. The van der Waals surface area contributed by atoms with Crippen LogP contribution in [0.2, 0.25) is 0 Å². The first-order valence-electron chi connectivity index (χ1n) is 10.3. The second kappa shape index (κ2) is 9.94. The van der Waals surface area contributed by atoms with Gasteiger partial charge in [-0.05, 0) is 54.8 Å². The van der Waals surface area contributed by atoms with Gasteiger partial charge in [-0.25, -0.2) is 8.42 Å². The van der Waals surface area contributed by atoms with Crippen LogP contribution in [-0.2, 0) is 21.2 Å². The molecule has 0 radical (unpaired) electrons. The first-order valence-corrected chi connectivity index (χ1v) is 12.6. The highest BCUT2D eigenvalue weighted by Gasteiger charge is 2.27. The second-order valence-electron chi connectivity index (χ2n) is 7.62. The third kappa shape index (κ3) is 5.73. The van der Waals surface area contributed by atoms with E-state index in [2.05, 4.69) is 26.0 Å². The molecular formula is C24H23BrN2O5S. The largest absolute Gasteiger partial charge is 0.486 e. The molecule has 1 aliphatic rings. The van der Waals surface area contributed by atoms with Crippen molar-refractivity contribution in [2.75, 3.05) is 18.5 Å². The van der Waals surface area contributed by atoms with Crippen LogP contribution in [0.4, 0.5) is 5.69 Å². The summed E-state index contributed by atoms with van der Waals surface area (Å²) in [6.07, 6.45) is 0.186. The van der Waals surface area contributed by atoms with E-state index in [0.717, 1.165) is 15.6 Å². The first-order chi connectivity index (χ1) is 15.8. The molecule has 4 rings (SSSR count). The lowest BCUT2D eigenvalue weighted by Gasteiger charge is -2.21. The Bertz CT molecular complexity index is 1270. The molecule has 0 aromatic heterocycles.